The minimum atomic E-state index is -0.779. The molecule has 9 heteroatoms. The average molecular weight is 348 g/mol. The molecule has 25 heavy (non-hydrogen) atoms. The van der Waals surface area contributed by atoms with E-state index in [4.69, 9.17) is 4.74 Å². The maximum Gasteiger partial charge on any atom is 0.366 e. The highest BCUT2D eigenvalue weighted by atomic mass is 16.6. The Morgan fingerprint density at radius 1 is 1.40 bits per heavy atom. The summed E-state index contributed by atoms with van der Waals surface area (Å²) in [6.45, 7) is 1.34. The first-order chi connectivity index (χ1) is 12.0. The average Bonchev–Trinajstić information content (AvgIpc) is 2.59. The van der Waals surface area contributed by atoms with Crippen LogP contribution in [0.3, 0.4) is 0 Å². The van der Waals surface area contributed by atoms with Crippen molar-refractivity contribution in [1.82, 2.24) is 10.3 Å². The van der Waals surface area contributed by atoms with Crippen LogP contribution in [-0.4, -0.2) is 40.4 Å². The molecule has 0 bridgehead atoms. The molecule has 0 radical (unpaired) electrons. The number of nitrogens with zero attached hydrogens (tertiary/aromatic N) is 3. The Balaban J connectivity index is 1.79. The Bertz CT molecular complexity index is 702. The lowest BCUT2D eigenvalue weighted by molar-refractivity contribution is -0.389. The summed E-state index contributed by atoms with van der Waals surface area (Å²) in [4.78, 5) is 40.1. The summed E-state index contributed by atoms with van der Waals surface area (Å²) < 4.78 is 5.43. The molecule has 0 aromatic carbocycles. The predicted octanol–water partition coefficient (Wildman–Crippen LogP) is 1.55. The Hall–Kier alpha value is -2.71. The van der Waals surface area contributed by atoms with Gasteiger partial charge in [0.15, 0.2) is 11.9 Å². The number of nitro groups is 1. The second kappa shape index (κ2) is 7.04. The number of amides is 2. The van der Waals surface area contributed by atoms with Crippen LogP contribution in [0.2, 0.25) is 0 Å². The first kappa shape index (κ1) is 17.1. The highest BCUT2D eigenvalue weighted by Gasteiger charge is 2.38. The third-order valence-corrected chi connectivity index (χ3v) is 4.46. The number of rotatable bonds is 4. The van der Waals surface area contributed by atoms with Gasteiger partial charge in [-0.1, -0.05) is 19.3 Å². The fourth-order valence-corrected chi connectivity index (χ4v) is 3.19. The molecule has 9 nitrogen and oxygen atoms in total. The number of carbonyl (C=O) groups excluding carboxylic acids is 2. The van der Waals surface area contributed by atoms with Gasteiger partial charge < -0.3 is 20.2 Å². The maximum absolute atomic E-state index is 12.4. The Morgan fingerprint density at radius 2 is 2.12 bits per heavy atom. The van der Waals surface area contributed by atoms with Gasteiger partial charge in [0.1, 0.15) is 6.54 Å². The molecule has 1 aromatic rings. The van der Waals surface area contributed by atoms with E-state index in [2.05, 4.69) is 10.3 Å². The van der Waals surface area contributed by atoms with Gasteiger partial charge in [0.2, 0.25) is 5.91 Å². The van der Waals surface area contributed by atoms with Crippen LogP contribution in [0.5, 0.6) is 5.75 Å². The lowest BCUT2D eigenvalue weighted by atomic mass is 9.95. The third-order valence-electron chi connectivity index (χ3n) is 4.46. The number of fused-ring (bicyclic) bond motifs is 1. The number of pyridine rings is 1. The van der Waals surface area contributed by atoms with Crippen LogP contribution < -0.4 is 15.0 Å². The molecule has 2 amide bonds. The van der Waals surface area contributed by atoms with Gasteiger partial charge in [0.05, 0.1) is 0 Å². The van der Waals surface area contributed by atoms with E-state index < -0.39 is 22.8 Å². The highest BCUT2D eigenvalue weighted by molar-refractivity contribution is 6.02. The van der Waals surface area contributed by atoms with Crippen LogP contribution in [0, 0.1) is 10.1 Å². The number of nitrogens with one attached hydrogen (secondary N) is 1. The lowest BCUT2D eigenvalue weighted by Gasteiger charge is -2.30. The summed E-state index contributed by atoms with van der Waals surface area (Å²) in [5.74, 6) is -0.880. The van der Waals surface area contributed by atoms with Crippen molar-refractivity contribution in [2.45, 2.75) is 51.2 Å². The molecule has 3 rings (SSSR count). The van der Waals surface area contributed by atoms with Gasteiger partial charge >= 0.3 is 5.82 Å². The van der Waals surface area contributed by atoms with Crippen molar-refractivity contribution in [1.29, 1.82) is 0 Å². The van der Waals surface area contributed by atoms with Crippen molar-refractivity contribution in [3.63, 3.8) is 0 Å². The zero-order chi connectivity index (χ0) is 18.0. The zero-order valence-electron chi connectivity index (χ0n) is 13.9. The molecule has 134 valence electrons. The summed E-state index contributed by atoms with van der Waals surface area (Å²) in [6.07, 6.45) is 4.41. The number of aromatic nitrogens is 1. The molecule has 2 aliphatic rings. The molecule has 1 unspecified atom stereocenters. The third kappa shape index (κ3) is 3.70. The number of ether oxygens (including phenoxy) is 1. The van der Waals surface area contributed by atoms with Crippen LogP contribution in [0.4, 0.5) is 11.6 Å². The monoisotopic (exact) mass is 348 g/mol. The van der Waals surface area contributed by atoms with Crippen LogP contribution in [0.1, 0.15) is 39.0 Å². The van der Waals surface area contributed by atoms with Gasteiger partial charge in [-0.15, -0.1) is 0 Å². The minimum Gasteiger partial charge on any atom is -0.475 e. The molecule has 1 saturated carbocycles. The number of hydrogen-bond acceptors (Lipinski definition) is 6. The van der Waals surface area contributed by atoms with E-state index in [1.165, 1.54) is 18.6 Å². The Morgan fingerprint density at radius 3 is 2.80 bits per heavy atom. The van der Waals surface area contributed by atoms with E-state index in [1.54, 1.807) is 6.92 Å². The van der Waals surface area contributed by atoms with E-state index in [9.17, 15) is 19.7 Å². The van der Waals surface area contributed by atoms with Crippen molar-refractivity contribution in [2.24, 2.45) is 0 Å². The van der Waals surface area contributed by atoms with Crippen molar-refractivity contribution in [2.75, 3.05) is 11.4 Å². The van der Waals surface area contributed by atoms with Gasteiger partial charge in [0, 0.05) is 12.1 Å². The maximum atomic E-state index is 12.4. The molecule has 1 N–H and O–H groups in total. The SMILES string of the molecule is CC1Oc2ccc([N+](=O)[O-])nc2N(CC(=O)NC2CCCCC2)C1=O. The number of hydrogen-bond donors (Lipinski definition) is 1. The molecular formula is C16H20N4O5. The quantitative estimate of drug-likeness (QED) is 0.652. The number of anilines is 1. The van der Waals surface area contributed by atoms with E-state index in [1.807, 2.05) is 0 Å². The lowest BCUT2D eigenvalue weighted by Crippen LogP contribution is -2.50. The molecular weight excluding hydrogens is 328 g/mol. The Labute approximate surface area is 144 Å². The molecule has 1 aliphatic carbocycles. The Kier molecular flexibility index (Phi) is 4.82. The molecule has 0 spiro atoms. The van der Waals surface area contributed by atoms with Gasteiger partial charge in [-0.2, -0.15) is 0 Å². The minimum absolute atomic E-state index is 0.0103. The van der Waals surface area contributed by atoms with Gasteiger partial charge in [0.25, 0.3) is 11.7 Å². The molecule has 1 aromatic heterocycles. The molecule has 1 atom stereocenters. The summed E-state index contributed by atoms with van der Waals surface area (Å²) in [5, 5.41) is 13.9. The summed E-state index contributed by atoms with van der Waals surface area (Å²) in [7, 11) is 0. The van der Waals surface area contributed by atoms with Crippen LogP contribution in [-0.2, 0) is 9.59 Å². The normalized spacial score (nSPS) is 20.6. The van der Waals surface area contributed by atoms with E-state index in [0.717, 1.165) is 30.6 Å². The van der Waals surface area contributed by atoms with Gasteiger partial charge in [-0.25, -0.2) is 0 Å². The smallest absolute Gasteiger partial charge is 0.366 e. The summed E-state index contributed by atoms with van der Waals surface area (Å²) >= 11 is 0. The largest absolute Gasteiger partial charge is 0.475 e. The highest BCUT2D eigenvalue weighted by Crippen LogP contribution is 2.33. The van der Waals surface area contributed by atoms with Crippen molar-refractivity contribution in [3.8, 4) is 5.75 Å². The fraction of sp³-hybridized carbons (Fsp3) is 0.562. The van der Waals surface area contributed by atoms with Gasteiger partial charge in [-0.05, 0) is 35.7 Å². The molecule has 0 saturated heterocycles. The van der Waals surface area contributed by atoms with Crippen molar-refractivity contribution in [3.05, 3.63) is 22.2 Å². The standard InChI is InChI=1S/C16H20N4O5/c1-10-16(22)19(9-14(21)17-11-5-3-2-4-6-11)15-12(25-10)7-8-13(18-15)20(23)24/h7-8,10-11H,2-6,9H2,1H3,(H,17,21). The van der Waals surface area contributed by atoms with Crippen LogP contribution in [0.25, 0.3) is 0 Å². The fourth-order valence-electron chi connectivity index (χ4n) is 3.19. The second-order valence-electron chi connectivity index (χ2n) is 6.34. The topological polar surface area (TPSA) is 115 Å². The van der Waals surface area contributed by atoms with E-state index in [-0.39, 0.29) is 30.1 Å². The first-order valence-corrected chi connectivity index (χ1v) is 8.38. The van der Waals surface area contributed by atoms with Gasteiger partial charge in [-0.3, -0.25) is 14.5 Å². The first-order valence-electron chi connectivity index (χ1n) is 8.38. The van der Waals surface area contributed by atoms with Crippen molar-refractivity contribution < 1.29 is 19.2 Å². The van der Waals surface area contributed by atoms with Crippen LogP contribution in [0.15, 0.2) is 12.1 Å². The predicted molar refractivity (Wildman–Crippen MR) is 88.4 cm³/mol. The second-order valence-corrected chi connectivity index (χ2v) is 6.34. The summed E-state index contributed by atoms with van der Waals surface area (Å²) in [5.41, 5.74) is 0. The van der Waals surface area contributed by atoms with Crippen LogP contribution >= 0.6 is 0 Å². The molecule has 1 aliphatic heterocycles. The zero-order valence-corrected chi connectivity index (χ0v) is 13.9. The number of carbonyl (C=O) groups is 2. The summed E-state index contributed by atoms with van der Waals surface area (Å²) in [6, 6.07) is 2.73. The molecule has 1 fully saturated rings. The molecule has 2 heterocycles. The van der Waals surface area contributed by atoms with E-state index in [0.29, 0.717) is 0 Å². The van der Waals surface area contributed by atoms with E-state index >= 15 is 0 Å². The van der Waals surface area contributed by atoms with Crippen molar-refractivity contribution >= 4 is 23.5 Å².